The van der Waals surface area contributed by atoms with E-state index in [1.807, 2.05) is 18.3 Å². The van der Waals surface area contributed by atoms with E-state index in [0.29, 0.717) is 0 Å². The van der Waals surface area contributed by atoms with Gasteiger partial charge in [-0.25, -0.2) is 0 Å². The molecule has 0 aliphatic heterocycles. The van der Waals surface area contributed by atoms with Crippen molar-refractivity contribution in [3.05, 3.63) is 41.7 Å². The minimum absolute atomic E-state index is 0.226. The van der Waals surface area contributed by atoms with Crippen LogP contribution in [0.1, 0.15) is 24.8 Å². The van der Waals surface area contributed by atoms with Gasteiger partial charge in [0.05, 0.1) is 6.10 Å². The molecule has 1 unspecified atom stereocenters. The summed E-state index contributed by atoms with van der Waals surface area (Å²) in [6.07, 6.45) is 9.52. The van der Waals surface area contributed by atoms with E-state index in [2.05, 4.69) is 11.1 Å². The fraction of sp³-hybridized carbons (Fsp3) is 0.417. The molecule has 2 nitrogen and oxygen atoms in total. The Labute approximate surface area is 84.3 Å². The first-order valence-electron chi connectivity index (χ1n) is 5.11. The minimum atomic E-state index is -0.226. The molecular formula is C12H15NO. The van der Waals surface area contributed by atoms with Gasteiger partial charge in [-0.2, -0.15) is 0 Å². The Hall–Kier alpha value is -1.15. The number of hydrogen-bond donors (Lipinski definition) is 1. The zero-order valence-electron chi connectivity index (χ0n) is 8.19. The third-order valence-electron chi connectivity index (χ3n) is 2.58. The van der Waals surface area contributed by atoms with Crippen LogP contribution in [0.4, 0.5) is 0 Å². The highest BCUT2D eigenvalue weighted by atomic mass is 16.3. The van der Waals surface area contributed by atoms with Crippen molar-refractivity contribution in [2.45, 2.75) is 31.8 Å². The van der Waals surface area contributed by atoms with E-state index in [1.165, 1.54) is 11.1 Å². The van der Waals surface area contributed by atoms with Crippen molar-refractivity contribution in [2.75, 3.05) is 0 Å². The molecule has 0 aromatic carbocycles. The van der Waals surface area contributed by atoms with Gasteiger partial charge in [0.15, 0.2) is 0 Å². The number of aromatic nitrogens is 1. The van der Waals surface area contributed by atoms with Crippen LogP contribution < -0.4 is 0 Å². The predicted octanol–water partition coefficient (Wildman–Crippen LogP) is 2.10. The van der Waals surface area contributed by atoms with E-state index < -0.39 is 0 Å². The molecule has 0 radical (unpaired) electrons. The standard InChI is InChI=1S/C12H15NO/c14-12-5-1-3-10(8-12)7-11-4-2-6-13-9-11/h2,4,6,8-9,12,14H,1,3,5,7H2. The zero-order valence-corrected chi connectivity index (χ0v) is 8.19. The topological polar surface area (TPSA) is 33.1 Å². The molecule has 2 rings (SSSR count). The third kappa shape index (κ3) is 2.42. The Morgan fingerprint density at radius 3 is 3.14 bits per heavy atom. The maximum absolute atomic E-state index is 9.47. The highest BCUT2D eigenvalue weighted by molar-refractivity contribution is 5.20. The number of aliphatic hydroxyl groups is 1. The van der Waals surface area contributed by atoms with Crippen LogP contribution >= 0.6 is 0 Å². The van der Waals surface area contributed by atoms with E-state index in [9.17, 15) is 5.11 Å². The van der Waals surface area contributed by atoms with Crippen LogP contribution in [0.3, 0.4) is 0 Å². The first-order chi connectivity index (χ1) is 6.84. The second-order valence-corrected chi connectivity index (χ2v) is 3.82. The first-order valence-corrected chi connectivity index (χ1v) is 5.11. The van der Waals surface area contributed by atoms with Crippen molar-refractivity contribution >= 4 is 0 Å². The van der Waals surface area contributed by atoms with Crippen molar-refractivity contribution in [3.8, 4) is 0 Å². The van der Waals surface area contributed by atoms with Crippen LogP contribution in [0.2, 0.25) is 0 Å². The second kappa shape index (κ2) is 4.38. The summed E-state index contributed by atoms with van der Waals surface area (Å²) in [4.78, 5) is 4.08. The van der Waals surface area contributed by atoms with Gasteiger partial charge in [0.2, 0.25) is 0 Å². The summed E-state index contributed by atoms with van der Waals surface area (Å²) in [6.45, 7) is 0. The predicted molar refractivity (Wildman–Crippen MR) is 55.9 cm³/mol. The lowest BCUT2D eigenvalue weighted by Crippen LogP contribution is -2.10. The van der Waals surface area contributed by atoms with Gasteiger partial charge in [-0.1, -0.05) is 17.7 Å². The molecule has 2 heteroatoms. The average Bonchev–Trinajstić information content (AvgIpc) is 2.19. The first kappa shape index (κ1) is 9.41. The lowest BCUT2D eigenvalue weighted by molar-refractivity contribution is 0.202. The monoisotopic (exact) mass is 189 g/mol. The summed E-state index contributed by atoms with van der Waals surface area (Å²) in [5.41, 5.74) is 2.57. The van der Waals surface area contributed by atoms with Crippen LogP contribution in [0.25, 0.3) is 0 Å². The smallest absolute Gasteiger partial charge is 0.0723 e. The van der Waals surface area contributed by atoms with Crippen LogP contribution in [-0.4, -0.2) is 16.2 Å². The molecule has 0 saturated carbocycles. The number of rotatable bonds is 2. The number of hydrogen-bond acceptors (Lipinski definition) is 2. The highest BCUT2D eigenvalue weighted by Gasteiger charge is 2.10. The molecule has 1 aliphatic carbocycles. The molecule has 1 aliphatic rings. The summed E-state index contributed by atoms with van der Waals surface area (Å²) in [6, 6.07) is 4.03. The zero-order chi connectivity index (χ0) is 9.80. The third-order valence-corrected chi connectivity index (χ3v) is 2.58. The summed E-state index contributed by atoms with van der Waals surface area (Å²) in [7, 11) is 0. The minimum Gasteiger partial charge on any atom is -0.389 e. The molecular weight excluding hydrogens is 174 g/mol. The molecule has 14 heavy (non-hydrogen) atoms. The summed E-state index contributed by atoms with van der Waals surface area (Å²) >= 11 is 0. The fourth-order valence-electron chi connectivity index (χ4n) is 1.89. The van der Waals surface area contributed by atoms with Gasteiger partial charge < -0.3 is 5.11 Å². The Kier molecular flexibility index (Phi) is 2.94. The lowest BCUT2D eigenvalue weighted by atomic mass is 9.93. The van der Waals surface area contributed by atoms with Crippen molar-refractivity contribution in [2.24, 2.45) is 0 Å². The molecule has 1 aromatic heterocycles. The van der Waals surface area contributed by atoms with E-state index >= 15 is 0 Å². The Balaban J connectivity index is 2.04. The molecule has 0 bridgehead atoms. The molecule has 74 valence electrons. The Morgan fingerprint density at radius 2 is 2.43 bits per heavy atom. The van der Waals surface area contributed by atoms with Crippen molar-refractivity contribution in [3.63, 3.8) is 0 Å². The van der Waals surface area contributed by atoms with Gasteiger partial charge in [0.1, 0.15) is 0 Å². The average molecular weight is 189 g/mol. The summed E-state index contributed by atoms with van der Waals surface area (Å²) < 4.78 is 0. The van der Waals surface area contributed by atoms with Gasteiger partial charge in [0.25, 0.3) is 0 Å². The van der Waals surface area contributed by atoms with Crippen molar-refractivity contribution in [1.82, 2.24) is 4.98 Å². The van der Waals surface area contributed by atoms with Crippen LogP contribution in [-0.2, 0) is 6.42 Å². The Morgan fingerprint density at radius 1 is 1.50 bits per heavy atom. The number of allylic oxidation sites excluding steroid dienone is 1. The lowest BCUT2D eigenvalue weighted by Gasteiger charge is -2.16. The van der Waals surface area contributed by atoms with Crippen LogP contribution in [0.15, 0.2) is 36.2 Å². The van der Waals surface area contributed by atoms with Crippen LogP contribution in [0, 0.1) is 0 Å². The molecule has 1 atom stereocenters. The highest BCUT2D eigenvalue weighted by Crippen LogP contribution is 2.21. The van der Waals surface area contributed by atoms with Gasteiger partial charge in [-0.15, -0.1) is 0 Å². The number of pyridine rings is 1. The van der Waals surface area contributed by atoms with Gasteiger partial charge in [-0.3, -0.25) is 4.98 Å². The normalized spacial score (nSPS) is 21.8. The summed E-state index contributed by atoms with van der Waals surface area (Å²) in [5.74, 6) is 0. The number of aliphatic hydroxyl groups excluding tert-OH is 1. The molecule has 0 amide bonds. The van der Waals surface area contributed by atoms with E-state index in [1.54, 1.807) is 6.20 Å². The molecule has 1 heterocycles. The van der Waals surface area contributed by atoms with E-state index in [4.69, 9.17) is 0 Å². The van der Waals surface area contributed by atoms with Crippen LogP contribution in [0.5, 0.6) is 0 Å². The maximum Gasteiger partial charge on any atom is 0.0723 e. The molecule has 1 aromatic rings. The van der Waals surface area contributed by atoms with Crippen molar-refractivity contribution in [1.29, 1.82) is 0 Å². The summed E-state index contributed by atoms with van der Waals surface area (Å²) in [5, 5.41) is 9.47. The van der Waals surface area contributed by atoms with Crippen molar-refractivity contribution < 1.29 is 5.11 Å². The van der Waals surface area contributed by atoms with Gasteiger partial charge in [0, 0.05) is 12.4 Å². The van der Waals surface area contributed by atoms with E-state index in [-0.39, 0.29) is 6.10 Å². The van der Waals surface area contributed by atoms with E-state index in [0.717, 1.165) is 25.7 Å². The molecule has 0 saturated heterocycles. The largest absolute Gasteiger partial charge is 0.389 e. The van der Waals surface area contributed by atoms with Gasteiger partial charge in [-0.05, 0) is 37.3 Å². The maximum atomic E-state index is 9.47. The Bertz CT molecular complexity index is 318. The number of nitrogens with zero attached hydrogens (tertiary/aromatic N) is 1. The molecule has 1 N–H and O–H groups in total. The second-order valence-electron chi connectivity index (χ2n) is 3.82. The SMILES string of the molecule is OC1C=C(Cc2cccnc2)CCC1. The quantitative estimate of drug-likeness (QED) is 0.723. The van der Waals surface area contributed by atoms with Gasteiger partial charge >= 0.3 is 0 Å². The molecule has 0 spiro atoms. The molecule has 0 fully saturated rings. The fourth-order valence-corrected chi connectivity index (χ4v) is 1.89.